The summed E-state index contributed by atoms with van der Waals surface area (Å²) in [4.78, 5) is 0. The number of hydrogen-bond donors (Lipinski definition) is 0. The Morgan fingerprint density at radius 1 is 1.38 bits per heavy atom. The number of rotatable bonds is 3. The summed E-state index contributed by atoms with van der Waals surface area (Å²) in [6.45, 7) is 9.25. The van der Waals surface area contributed by atoms with Gasteiger partial charge in [0, 0.05) is 0 Å². The fraction of sp³-hybridized carbons (Fsp3) is 0.250. The molecule has 0 aromatic carbocycles. The molecule has 0 aliphatic heterocycles. The van der Waals surface area contributed by atoms with Gasteiger partial charge < -0.3 is 0 Å². The average Bonchev–Trinajstić information content (AvgIpc) is 1.83. The molecule has 0 aromatic rings. The molecule has 0 rings (SSSR count). The molecule has 0 amide bonds. The van der Waals surface area contributed by atoms with Crippen molar-refractivity contribution >= 4 is 0 Å². The van der Waals surface area contributed by atoms with Crippen LogP contribution in [-0.4, -0.2) is 0 Å². The van der Waals surface area contributed by atoms with Gasteiger partial charge in [0.1, 0.15) is 0 Å². The van der Waals surface area contributed by atoms with Crippen LogP contribution in [0, 0.1) is 5.92 Å². The second-order valence-electron chi connectivity index (χ2n) is 1.72. The lowest BCUT2D eigenvalue weighted by Crippen LogP contribution is -1.77. The maximum Gasteiger partial charge on any atom is -0.00814 e. The van der Waals surface area contributed by atoms with Crippen LogP contribution in [0.25, 0.3) is 0 Å². The van der Waals surface area contributed by atoms with E-state index >= 15 is 0 Å². The SMILES string of the molecule is C=C/C=C/[C@H](C)C=C. The summed E-state index contributed by atoms with van der Waals surface area (Å²) < 4.78 is 0. The van der Waals surface area contributed by atoms with Crippen LogP contribution < -0.4 is 0 Å². The molecular weight excluding hydrogens is 96.1 g/mol. The summed E-state index contributed by atoms with van der Waals surface area (Å²) in [5.41, 5.74) is 0. The first-order chi connectivity index (χ1) is 3.81. The van der Waals surface area contributed by atoms with Crippen molar-refractivity contribution in [3.05, 3.63) is 37.5 Å². The molecule has 0 nitrogen and oxygen atoms in total. The minimum Gasteiger partial charge on any atom is -0.102 e. The smallest absolute Gasteiger partial charge is 0.00814 e. The molecule has 0 aliphatic carbocycles. The maximum atomic E-state index is 3.63. The Hall–Kier alpha value is -0.780. The van der Waals surface area contributed by atoms with Gasteiger partial charge in [0.2, 0.25) is 0 Å². The second kappa shape index (κ2) is 4.38. The first-order valence-corrected chi connectivity index (χ1v) is 2.73. The maximum absolute atomic E-state index is 3.63. The predicted molar refractivity (Wildman–Crippen MR) is 38.7 cm³/mol. The lowest BCUT2D eigenvalue weighted by atomic mass is 10.2. The Bertz CT molecular complexity index is 98.6. The average molecular weight is 108 g/mol. The summed E-state index contributed by atoms with van der Waals surface area (Å²) in [6, 6.07) is 0. The zero-order valence-electron chi connectivity index (χ0n) is 5.30. The molecule has 0 aromatic heterocycles. The highest BCUT2D eigenvalue weighted by Crippen LogP contribution is 1.95. The van der Waals surface area contributed by atoms with E-state index in [4.69, 9.17) is 0 Å². The Kier molecular flexibility index (Phi) is 3.95. The first kappa shape index (κ1) is 7.22. The summed E-state index contributed by atoms with van der Waals surface area (Å²) in [7, 11) is 0. The quantitative estimate of drug-likeness (QED) is 0.385. The third-order valence-corrected chi connectivity index (χ3v) is 0.923. The van der Waals surface area contributed by atoms with Crippen molar-refractivity contribution in [2.45, 2.75) is 6.92 Å². The van der Waals surface area contributed by atoms with Gasteiger partial charge in [-0.15, -0.1) is 6.58 Å². The minimum atomic E-state index is 0.466. The van der Waals surface area contributed by atoms with Gasteiger partial charge in [0.15, 0.2) is 0 Å². The molecule has 0 radical (unpaired) electrons. The summed E-state index contributed by atoms with van der Waals surface area (Å²) in [5.74, 6) is 0.466. The van der Waals surface area contributed by atoms with Gasteiger partial charge >= 0.3 is 0 Å². The fourth-order valence-electron chi connectivity index (χ4n) is 0.332. The number of hydrogen-bond acceptors (Lipinski definition) is 0. The van der Waals surface area contributed by atoms with E-state index in [1.54, 1.807) is 6.08 Å². The third kappa shape index (κ3) is 3.41. The van der Waals surface area contributed by atoms with Crippen LogP contribution in [0.3, 0.4) is 0 Å². The Balaban J connectivity index is 3.50. The highest BCUT2D eigenvalue weighted by Gasteiger charge is 1.81. The van der Waals surface area contributed by atoms with Gasteiger partial charge in [-0.05, 0) is 5.92 Å². The molecule has 0 fully saturated rings. The molecule has 44 valence electrons. The van der Waals surface area contributed by atoms with E-state index in [0.717, 1.165) is 0 Å². The highest BCUT2D eigenvalue weighted by atomic mass is 13.9. The molecule has 0 heterocycles. The summed E-state index contributed by atoms with van der Waals surface area (Å²) in [6.07, 6.45) is 7.62. The van der Waals surface area contributed by atoms with Crippen molar-refractivity contribution in [2.24, 2.45) is 5.92 Å². The molecule has 0 spiro atoms. The van der Waals surface area contributed by atoms with E-state index in [1.807, 2.05) is 18.2 Å². The van der Waals surface area contributed by atoms with Crippen molar-refractivity contribution in [3.8, 4) is 0 Å². The van der Waals surface area contributed by atoms with Crippen molar-refractivity contribution in [1.82, 2.24) is 0 Å². The van der Waals surface area contributed by atoms with Crippen LogP contribution in [0.15, 0.2) is 37.5 Å². The molecule has 0 saturated carbocycles. The summed E-state index contributed by atoms with van der Waals surface area (Å²) in [5, 5.41) is 0. The van der Waals surface area contributed by atoms with Gasteiger partial charge in [-0.3, -0.25) is 0 Å². The van der Waals surface area contributed by atoms with Crippen LogP contribution in [0.5, 0.6) is 0 Å². The molecule has 0 N–H and O–H groups in total. The van der Waals surface area contributed by atoms with Crippen molar-refractivity contribution in [2.75, 3.05) is 0 Å². The highest BCUT2D eigenvalue weighted by molar-refractivity contribution is 5.02. The molecule has 8 heavy (non-hydrogen) atoms. The van der Waals surface area contributed by atoms with Crippen LogP contribution in [-0.2, 0) is 0 Å². The Morgan fingerprint density at radius 2 is 2.00 bits per heavy atom. The van der Waals surface area contributed by atoms with Crippen LogP contribution in [0.2, 0.25) is 0 Å². The van der Waals surface area contributed by atoms with Crippen LogP contribution >= 0.6 is 0 Å². The molecule has 0 unspecified atom stereocenters. The topological polar surface area (TPSA) is 0 Å². The Morgan fingerprint density at radius 3 is 2.38 bits per heavy atom. The van der Waals surface area contributed by atoms with Crippen molar-refractivity contribution in [3.63, 3.8) is 0 Å². The van der Waals surface area contributed by atoms with Gasteiger partial charge in [-0.2, -0.15) is 0 Å². The van der Waals surface area contributed by atoms with Gasteiger partial charge in [-0.1, -0.05) is 37.8 Å². The zero-order valence-corrected chi connectivity index (χ0v) is 5.30. The second-order valence-corrected chi connectivity index (χ2v) is 1.72. The molecule has 0 bridgehead atoms. The molecular formula is C8H12. The molecule has 0 saturated heterocycles. The lowest BCUT2D eigenvalue weighted by Gasteiger charge is -1.90. The van der Waals surface area contributed by atoms with Gasteiger partial charge in [-0.25, -0.2) is 0 Å². The molecule has 1 atom stereocenters. The van der Waals surface area contributed by atoms with Crippen molar-refractivity contribution in [1.29, 1.82) is 0 Å². The zero-order chi connectivity index (χ0) is 6.41. The van der Waals surface area contributed by atoms with E-state index in [9.17, 15) is 0 Å². The standard InChI is InChI=1S/C8H12/c1-4-6-7-8(3)5-2/h4-8H,1-2H2,3H3/b7-6+/t8-/m1/s1. The summed E-state index contributed by atoms with van der Waals surface area (Å²) >= 11 is 0. The lowest BCUT2D eigenvalue weighted by molar-refractivity contribution is 0.944. The van der Waals surface area contributed by atoms with E-state index in [0.29, 0.717) is 5.92 Å². The molecule has 0 heteroatoms. The van der Waals surface area contributed by atoms with E-state index < -0.39 is 0 Å². The van der Waals surface area contributed by atoms with Crippen LogP contribution in [0.4, 0.5) is 0 Å². The van der Waals surface area contributed by atoms with E-state index in [-0.39, 0.29) is 0 Å². The van der Waals surface area contributed by atoms with Crippen molar-refractivity contribution < 1.29 is 0 Å². The van der Waals surface area contributed by atoms with E-state index in [1.165, 1.54) is 0 Å². The normalized spacial score (nSPS) is 13.6. The number of allylic oxidation sites excluding steroid dienone is 4. The monoisotopic (exact) mass is 108 g/mol. The van der Waals surface area contributed by atoms with Crippen LogP contribution in [0.1, 0.15) is 6.92 Å². The first-order valence-electron chi connectivity index (χ1n) is 2.73. The predicted octanol–water partition coefficient (Wildman–Crippen LogP) is 2.55. The molecule has 0 aliphatic rings. The largest absolute Gasteiger partial charge is 0.102 e. The van der Waals surface area contributed by atoms with Gasteiger partial charge in [0.25, 0.3) is 0 Å². The third-order valence-electron chi connectivity index (χ3n) is 0.923. The van der Waals surface area contributed by atoms with E-state index in [2.05, 4.69) is 20.1 Å². The van der Waals surface area contributed by atoms with Gasteiger partial charge in [0.05, 0.1) is 0 Å². The Labute approximate surface area is 51.2 Å². The minimum absolute atomic E-state index is 0.466. The fourth-order valence-corrected chi connectivity index (χ4v) is 0.332.